The molecule has 0 heterocycles. The summed E-state index contributed by atoms with van der Waals surface area (Å²) in [4.78, 5) is 12.3. The van der Waals surface area contributed by atoms with Gasteiger partial charge in [0.25, 0.3) is 0 Å². The maximum Gasteiger partial charge on any atom is 0.315 e. The summed E-state index contributed by atoms with van der Waals surface area (Å²) in [7, 11) is 0. The van der Waals surface area contributed by atoms with Gasteiger partial charge in [-0.05, 0) is 38.2 Å². The number of nitrogens with one attached hydrogen (secondary N) is 2. The lowest BCUT2D eigenvalue weighted by atomic mass is 9.78. The van der Waals surface area contributed by atoms with E-state index in [1.54, 1.807) is 0 Å². The summed E-state index contributed by atoms with van der Waals surface area (Å²) >= 11 is 0. The van der Waals surface area contributed by atoms with Crippen LogP contribution in [0.15, 0.2) is 30.3 Å². The van der Waals surface area contributed by atoms with Gasteiger partial charge in [-0.2, -0.15) is 0 Å². The Kier molecular flexibility index (Phi) is 4.81. The van der Waals surface area contributed by atoms with Crippen LogP contribution < -0.4 is 10.6 Å². The summed E-state index contributed by atoms with van der Waals surface area (Å²) in [5, 5.41) is 15.6. The Labute approximate surface area is 133 Å². The van der Waals surface area contributed by atoms with Crippen LogP contribution in [0.5, 0.6) is 0 Å². The minimum absolute atomic E-state index is 0.0262. The highest BCUT2D eigenvalue weighted by atomic mass is 16.3. The van der Waals surface area contributed by atoms with Gasteiger partial charge in [-0.25, -0.2) is 4.79 Å². The Morgan fingerprint density at radius 2 is 1.86 bits per heavy atom. The van der Waals surface area contributed by atoms with Crippen LogP contribution in [-0.2, 0) is 5.41 Å². The van der Waals surface area contributed by atoms with Gasteiger partial charge >= 0.3 is 6.03 Å². The van der Waals surface area contributed by atoms with Gasteiger partial charge < -0.3 is 15.7 Å². The van der Waals surface area contributed by atoms with E-state index in [9.17, 15) is 9.90 Å². The van der Waals surface area contributed by atoms with Gasteiger partial charge in [0.1, 0.15) is 0 Å². The van der Waals surface area contributed by atoms with E-state index in [4.69, 9.17) is 0 Å². The number of aliphatic hydroxyl groups excluding tert-OH is 1. The number of urea groups is 1. The quantitative estimate of drug-likeness (QED) is 0.757. The summed E-state index contributed by atoms with van der Waals surface area (Å²) in [6.45, 7) is 8.15. The van der Waals surface area contributed by atoms with Gasteiger partial charge in [0.2, 0.25) is 0 Å². The van der Waals surface area contributed by atoms with Crippen molar-refractivity contribution in [2.75, 3.05) is 6.61 Å². The molecule has 1 aromatic carbocycles. The topological polar surface area (TPSA) is 61.4 Å². The van der Waals surface area contributed by atoms with Crippen LogP contribution in [0.1, 0.15) is 46.1 Å². The summed E-state index contributed by atoms with van der Waals surface area (Å²) in [5.74, 6) is 0.390. The predicted octanol–water partition coefficient (Wildman–Crippen LogP) is 2.81. The van der Waals surface area contributed by atoms with Crippen LogP contribution in [0.2, 0.25) is 0 Å². The van der Waals surface area contributed by atoms with E-state index in [1.165, 1.54) is 5.56 Å². The first kappa shape index (κ1) is 16.8. The van der Waals surface area contributed by atoms with Crippen molar-refractivity contribution >= 4 is 6.03 Å². The highest BCUT2D eigenvalue weighted by Crippen LogP contribution is 2.39. The molecule has 0 spiro atoms. The number of hydrogen-bond donors (Lipinski definition) is 3. The molecule has 1 aliphatic rings. The zero-order valence-corrected chi connectivity index (χ0v) is 14.0. The lowest BCUT2D eigenvalue weighted by Crippen LogP contribution is -2.57. The third-order valence-corrected chi connectivity index (χ3v) is 5.15. The van der Waals surface area contributed by atoms with Crippen LogP contribution in [0.4, 0.5) is 4.79 Å². The van der Waals surface area contributed by atoms with E-state index in [-0.39, 0.29) is 24.1 Å². The minimum Gasteiger partial charge on any atom is -0.394 e. The van der Waals surface area contributed by atoms with Crippen LogP contribution in [0.3, 0.4) is 0 Å². The molecule has 3 N–H and O–H groups in total. The molecule has 2 rings (SSSR count). The monoisotopic (exact) mass is 304 g/mol. The average Bonchev–Trinajstić information content (AvgIpc) is 3.32. The molecule has 122 valence electrons. The average molecular weight is 304 g/mol. The molecular weight excluding hydrogens is 276 g/mol. The number of rotatable bonds is 6. The second kappa shape index (κ2) is 6.29. The molecule has 2 unspecified atom stereocenters. The predicted molar refractivity (Wildman–Crippen MR) is 88.8 cm³/mol. The van der Waals surface area contributed by atoms with Gasteiger partial charge in [-0.15, -0.1) is 0 Å². The molecule has 2 amide bonds. The van der Waals surface area contributed by atoms with Gasteiger partial charge in [0.05, 0.1) is 12.1 Å². The third-order valence-electron chi connectivity index (χ3n) is 5.15. The Morgan fingerprint density at radius 1 is 1.27 bits per heavy atom. The molecule has 1 fully saturated rings. The highest BCUT2D eigenvalue weighted by Gasteiger charge is 2.42. The normalized spacial score (nSPS) is 19.1. The van der Waals surface area contributed by atoms with E-state index in [2.05, 4.69) is 36.6 Å². The molecule has 0 aromatic heterocycles. The van der Waals surface area contributed by atoms with Crippen molar-refractivity contribution in [3.63, 3.8) is 0 Å². The highest BCUT2D eigenvalue weighted by molar-refractivity contribution is 5.75. The first-order chi connectivity index (χ1) is 10.3. The second-order valence-electron chi connectivity index (χ2n) is 7.26. The Balaban J connectivity index is 1.99. The molecule has 1 aliphatic carbocycles. The van der Waals surface area contributed by atoms with E-state index in [0.717, 1.165) is 12.8 Å². The van der Waals surface area contributed by atoms with Crippen LogP contribution in [0.25, 0.3) is 0 Å². The molecule has 0 radical (unpaired) electrons. The standard InChI is InChI=1S/C18H28N2O2/c1-13(17(2,3)14-8-6-5-7-9-14)19-16(22)20-18(4,12-21)15-10-11-15/h5-9,13,15,21H,10-12H2,1-4H3,(H2,19,20,22). The first-order valence-corrected chi connectivity index (χ1v) is 8.04. The largest absolute Gasteiger partial charge is 0.394 e. The molecule has 4 heteroatoms. The lowest BCUT2D eigenvalue weighted by molar-refractivity contribution is 0.153. The molecule has 0 saturated heterocycles. The number of amides is 2. The number of aliphatic hydroxyl groups is 1. The SMILES string of the molecule is CC(NC(=O)NC(C)(CO)C1CC1)C(C)(C)c1ccccc1. The molecule has 2 atom stereocenters. The summed E-state index contributed by atoms with van der Waals surface area (Å²) < 4.78 is 0. The number of carbonyl (C=O) groups is 1. The maximum absolute atomic E-state index is 12.3. The number of hydrogen-bond acceptors (Lipinski definition) is 2. The number of carbonyl (C=O) groups excluding carboxylic acids is 1. The molecule has 1 aromatic rings. The van der Waals surface area contributed by atoms with Gasteiger partial charge in [-0.3, -0.25) is 0 Å². The summed E-state index contributed by atoms with van der Waals surface area (Å²) in [6.07, 6.45) is 2.14. The van der Waals surface area contributed by atoms with Gasteiger partial charge in [0.15, 0.2) is 0 Å². The third kappa shape index (κ3) is 3.61. The van der Waals surface area contributed by atoms with E-state index in [0.29, 0.717) is 5.92 Å². The summed E-state index contributed by atoms with van der Waals surface area (Å²) in [6, 6.07) is 9.94. The zero-order chi connectivity index (χ0) is 16.4. The first-order valence-electron chi connectivity index (χ1n) is 8.04. The van der Waals surface area contributed by atoms with E-state index >= 15 is 0 Å². The van der Waals surface area contributed by atoms with Crippen molar-refractivity contribution in [2.45, 2.75) is 57.5 Å². The van der Waals surface area contributed by atoms with Crippen molar-refractivity contribution in [1.29, 1.82) is 0 Å². The summed E-state index contributed by atoms with van der Waals surface area (Å²) in [5.41, 5.74) is 0.504. The molecule has 0 aliphatic heterocycles. The van der Waals surface area contributed by atoms with E-state index < -0.39 is 5.54 Å². The Hall–Kier alpha value is -1.55. The Morgan fingerprint density at radius 3 is 2.36 bits per heavy atom. The molecular formula is C18H28N2O2. The van der Waals surface area contributed by atoms with Crippen molar-refractivity contribution in [3.05, 3.63) is 35.9 Å². The Bertz CT molecular complexity index is 511. The molecule has 0 bridgehead atoms. The van der Waals surface area contributed by atoms with Gasteiger partial charge in [0, 0.05) is 11.5 Å². The zero-order valence-electron chi connectivity index (χ0n) is 14.0. The minimum atomic E-state index is -0.513. The van der Waals surface area contributed by atoms with Crippen molar-refractivity contribution in [2.24, 2.45) is 5.92 Å². The molecule has 22 heavy (non-hydrogen) atoms. The number of benzene rings is 1. The lowest BCUT2D eigenvalue weighted by Gasteiger charge is -2.35. The van der Waals surface area contributed by atoms with Crippen LogP contribution in [0, 0.1) is 5.92 Å². The molecule has 1 saturated carbocycles. The van der Waals surface area contributed by atoms with E-state index in [1.807, 2.05) is 32.0 Å². The fourth-order valence-electron chi connectivity index (χ4n) is 2.78. The second-order valence-corrected chi connectivity index (χ2v) is 7.26. The van der Waals surface area contributed by atoms with Crippen molar-refractivity contribution in [1.82, 2.24) is 10.6 Å². The fraction of sp³-hybridized carbons (Fsp3) is 0.611. The smallest absolute Gasteiger partial charge is 0.315 e. The molecule has 4 nitrogen and oxygen atoms in total. The van der Waals surface area contributed by atoms with Crippen LogP contribution in [-0.4, -0.2) is 29.3 Å². The fourth-order valence-corrected chi connectivity index (χ4v) is 2.78. The maximum atomic E-state index is 12.3. The van der Waals surface area contributed by atoms with Crippen molar-refractivity contribution in [3.8, 4) is 0 Å². The van der Waals surface area contributed by atoms with Crippen LogP contribution >= 0.6 is 0 Å². The van der Waals surface area contributed by atoms with Crippen molar-refractivity contribution < 1.29 is 9.90 Å². The van der Waals surface area contributed by atoms with Gasteiger partial charge in [-0.1, -0.05) is 44.2 Å².